The van der Waals surface area contributed by atoms with Gasteiger partial charge in [-0.2, -0.15) is 0 Å². The maximum absolute atomic E-state index is 9.08. The van der Waals surface area contributed by atoms with Gasteiger partial charge in [0.2, 0.25) is 0 Å². The molecule has 0 aliphatic carbocycles. The van der Waals surface area contributed by atoms with Gasteiger partial charge in [-0.15, -0.1) is 0 Å². The molecule has 0 saturated carbocycles. The van der Waals surface area contributed by atoms with Crippen molar-refractivity contribution in [2.24, 2.45) is 0 Å². The second-order valence-electron chi connectivity index (χ2n) is 5.79. The lowest BCUT2D eigenvalue weighted by molar-refractivity contribution is 0.279. The van der Waals surface area contributed by atoms with E-state index in [-0.39, 0.29) is 6.61 Å². The summed E-state index contributed by atoms with van der Waals surface area (Å²) in [7, 11) is 1.92. The van der Waals surface area contributed by atoms with Gasteiger partial charge in [-0.25, -0.2) is 9.97 Å². The van der Waals surface area contributed by atoms with Gasteiger partial charge in [0, 0.05) is 38.2 Å². The number of aromatic nitrogens is 2. The third-order valence-corrected chi connectivity index (χ3v) is 4.22. The maximum Gasteiger partial charge on any atom is 0.137 e. The van der Waals surface area contributed by atoms with Crippen LogP contribution in [0, 0.1) is 6.92 Å². The summed E-state index contributed by atoms with van der Waals surface area (Å²) in [6.45, 7) is 5.58. The highest BCUT2D eigenvalue weighted by atomic mass is 16.2. The zero-order valence-electron chi connectivity index (χ0n) is 13.5. The Bertz CT molecular complexity index is 464. The number of nitrogens with zero attached hydrogens (tertiary/aromatic N) is 3. The summed E-state index contributed by atoms with van der Waals surface area (Å²) in [5.74, 6) is 2.95. The Morgan fingerprint density at radius 3 is 2.86 bits per heavy atom. The van der Waals surface area contributed by atoms with E-state index in [0.717, 1.165) is 55.3 Å². The zero-order valence-corrected chi connectivity index (χ0v) is 13.5. The molecule has 0 bridgehead atoms. The van der Waals surface area contributed by atoms with Crippen LogP contribution < -0.4 is 10.2 Å². The molecule has 1 aromatic heterocycles. The monoisotopic (exact) mass is 292 g/mol. The van der Waals surface area contributed by atoms with Crippen LogP contribution in [-0.4, -0.2) is 41.3 Å². The van der Waals surface area contributed by atoms with Crippen molar-refractivity contribution in [3.8, 4) is 0 Å². The second-order valence-corrected chi connectivity index (χ2v) is 5.79. The third-order valence-electron chi connectivity index (χ3n) is 4.22. The molecule has 1 saturated heterocycles. The van der Waals surface area contributed by atoms with Crippen molar-refractivity contribution >= 4 is 11.6 Å². The van der Waals surface area contributed by atoms with E-state index in [0.29, 0.717) is 6.04 Å². The van der Waals surface area contributed by atoms with Gasteiger partial charge in [-0.3, -0.25) is 0 Å². The Balaban J connectivity index is 2.29. The highest BCUT2D eigenvalue weighted by Gasteiger charge is 2.27. The van der Waals surface area contributed by atoms with Gasteiger partial charge in [-0.05, 0) is 39.0 Å². The lowest BCUT2D eigenvalue weighted by Gasteiger charge is -2.28. The normalized spacial score (nSPS) is 18.3. The van der Waals surface area contributed by atoms with Gasteiger partial charge in [0.05, 0.1) is 0 Å². The van der Waals surface area contributed by atoms with Gasteiger partial charge in [0.25, 0.3) is 0 Å². The Labute approximate surface area is 127 Å². The molecular formula is C16H28N4O. The fourth-order valence-corrected chi connectivity index (χ4v) is 3.15. The van der Waals surface area contributed by atoms with Crippen LogP contribution in [0.4, 0.5) is 11.6 Å². The number of aliphatic hydroxyl groups is 1. The number of nitrogens with one attached hydrogen (secondary N) is 1. The molecule has 0 spiro atoms. The first kappa shape index (κ1) is 16.0. The summed E-state index contributed by atoms with van der Waals surface area (Å²) in [6, 6.07) is 0.505. The fraction of sp³-hybridized carbons (Fsp3) is 0.750. The van der Waals surface area contributed by atoms with Crippen molar-refractivity contribution < 1.29 is 5.11 Å². The maximum atomic E-state index is 9.08. The van der Waals surface area contributed by atoms with E-state index in [1.54, 1.807) is 0 Å². The van der Waals surface area contributed by atoms with Gasteiger partial charge >= 0.3 is 0 Å². The minimum atomic E-state index is 0.274. The van der Waals surface area contributed by atoms with Crippen LogP contribution in [0.1, 0.15) is 50.4 Å². The SMILES string of the molecule is CCCc1nc(NC)c(C)c(N2CCCC2CCCO)n1. The number of hydrogen-bond donors (Lipinski definition) is 2. The summed E-state index contributed by atoms with van der Waals surface area (Å²) >= 11 is 0. The summed E-state index contributed by atoms with van der Waals surface area (Å²) in [6.07, 6.45) is 6.28. The van der Waals surface area contributed by atoms with Crippen molar-refractivity contribution in [2.75, 3.05) is 30.4 Å². The third kappa shape index (κ3) is 3.64. The Hall–Kier alpha value is -1.36. The minimum Gasteiger partial charge on any atom is -0.396 e. The lowest BCUT2D eigenvalue weighted by atomic mass is 10.1. The van der Waals surface area contributed by atoms with E-state index < -0.39 is 0 Å². The molecule has 1 aromatic rings. The predicted octanol–water partition coefficient (Wildman–Crippen LogP) is 2.52. The number of aryl methyl sites for hydroxylation is 1. The van der Waals surface area contributed by atoms with E-state index in [2.05, 4.69) is 29.0 Å². The topological polar surface area (TPSA) is 61.3 Å². The highest BCUT2D eigenvalue weighted by Crippen LogP contribution is 2.31. The molecule has 2 N–H and O–H groups in total. The fourth-order valence-electron chi connectivity index (χ4n) is 3.15. The average molecular weight is 292 g/mol. The molecular weight excluding hydrogens is 264 g/mol. The van der Waals surface area contributed by atoms with Crippen molar-refractivity contribution in [3.63, 3.8) is 0 Å². The predicted molar refractivity (Wildman–Crippen MR) is 87.0 cm³/mol. The molecule has 1 aliphatic heterocycles. The molecule has 0 aromatic carbocycles. The molecule has 1 fully saturated rings. The first-order chi connectivity index (χ1) is 10.2. The van der Waals surface area contributed by atoms with Gasteiger partial charge in [-0.1, -0.05) is 6.92 Å². The molecule has 21 heavy (non-hydrogen) atoms. The van der Waals surface area contributed by atoms with Crippen molar-refractivity contribution in [2.45, 2.75) is 58.4 Å². The average Bonchev–Trinajstić information content (AvgIpc) is 2.95. The number of rotatable bonds is 7. The summed E-state index contributed by atoms with van der Waals surface area (Å²) in [4.78, 5) is 11.9. The van der Waals surface area contributed by atoms with E-state index in [9.17, 15) is 0 Å². The van der Waals surface area contributed by atoms with E-state index >= 15 is 0 Å². The van der Waals surface area contributed by atoms with Crippen molar-refractivity contribution in [1.29, 1.82) is 0 Å². The molecule has 5 heteroatoms. The van der Waals surface area contributed by atoms with Crippen molar-refractivity contribution in [1.82, 2.24) is 9.97 Å². The van der Waals surface area contributed by atoms with Crippen LogP contribution in [0.2, 0.25) is 0 Å². The number of aliphatic hydroxyl groups excluding tert-OH is 1. The molecule has 2 heterocycles. The quantitative estimate of drug-likeness (QED) is 0.808. The van der Waals surface area contributed by atoms with Gasteiger partial charge in [0.15, 0.2) is 0 Å². The van der Waals surface area contributed by atoms with Crippen LogP contribution in [0.3, 0.4) is 0 Å². The van der Waals surface area contributed by atoms with Crippen LogP contribution in [0.5, 0.6) is 0 Å². The standard InChI is InChI=1S/C16H28N4O/c1-4-7-14-18-15(17-3)12(2)16(19-14)20-10-5-8-13(20)9-6-11-21/h13,21H,4-11H2,1-3H3,(H,17,18,19). The summed E-state index contributed by atoms with van der Waals surface area (Å²) in [5, 5.41) is 12.3. The van der Waals surface area contributed by atoms with Crippen LogP contribution in [0.25, 0.3) is 0 Å². The molecule has 0 radical (unpaired) electrons. The second kappa shape index (κ2) is 7.59. The van der Waals surface area contributed by atoms with E-state index in [4.69, 9.17) is 10.1 Å². The Morgan fingerprint density at radius 2 is 2.19 bits per heavy atom. The molecule has 1 unspecified atom stereocenters. The van der Waals surface area contributed by atoms with Gasteiger partial charge in [0.1, 0.15) is 17.5 Å². The number of anilines is 2. The smallest absolute Gasteiger partial charge is 0.137 e. The molecule has 1 aliphatic rings. The molecule has 5 nitrogen and oxygen atoms in total. The first-order valence-electron chi connectivity index (χ1n) is 8.14. The van der Waals surface area contributed by atoms with E-state index in [1.165, 1.54) is 12.8 Å². The largest absolute Gasteiger partial charge is 0.396 e. The van der Waals surface area contributed by atoms with Crippen LogP contribution in [-0.2, 0) is 6.42 Å². The Kier molecular flexibility index (Phi) is 5.79. The highest BCUT2D eigenvalue weighted by molar-refractivity contribution is 5.59. The molecule has 0 amide bonds. The van der Waals surface area contributed by atoms with Crippen LogP contribution >= 0.6 is 0 Å². The first-order valence-corrected chi connectivity index (χ1v) is 8.14. The molecule has 1 atom stereocenters. The summed E-state index contributed by atoms with van der Waals surface area (Å²) in [5.41, 5.74) is 1.13. The molecule has 2 rings (SSSR count). The minimum absolute atomic E-state index is 0.274. The van der Waals surface area contributed by atoms with Gasteiger partial charge < -0.3 is 15.3 Å². The lowest BCUT2D eigenvalue weighted by Crippen LogP contribution is -2.31. The Morgan fingerprint density at radius 1 is 1.38 bits per heavy atom. The van der Waals surface area contributed by atoms with E-state index in [1.807, 2.05) is 7.05 Å². The summed E-state index contributed by atoms with van der Waals surface area (Å²) < 4.78 is 0. The van der Waals surface area contributed by atoms with Crippen molar-refractivity contribution in [3.05, 3.63) is 11.4 Å². The van der Waals surface area contributed by atoms with Crippen LogP contribution in [0.15, 0.2) is 0 Å². The number of hydrogen-bond acceptors (Lipinski definition) is 5. The molecule has 118 valence electrons. The zero-order chi connectivity index (χ0) is 15.2.